The molecule has 164 valence electrons. The molecule has 2 aromatic heterocycles. The van der Waals surface area contributed by atoms with E-state index in [2.05, 4.69) is 10.1 Å². The van der Waals surface area contributed by atoms with E-state index >= 15 is 0 Å². The molecule has 1 fully saturated rings. The van der Waals surface area contributed by atoms with Crippen molar-refractivity contribution in [3.05, 3.63) is 33.9 Å². The molecule has 11 heteroatoms. The Morgan fingerprint density at radius 3 is 2.50 bits per heavy atom. The SMILES string of the molecule is Cc1cc(CN2c3nc(N4C(C)COCC4C)cc(=O)n3CCC2C(F)(F)F)on1. The van der Waals surface area contributed by atoms with Crippen LogP contribution in [0.15, 0.2) is 21.5 Å². The van der Waals surface area contributed by atoms with Gasteiger partial charge >= 0.3 is 6.18 Å². The Hall–Kier alpha value is -2.56. The fourth-order valence-corrected chi connectivity index (χ4v) is 4.23. The first-order valence-electron chi connectivity index (χ1n) is 9.88. The molecule has 0 bridgehead atoms. The summed E-state index contributed by atoms with van der Waals surface area (Å²) in [7, 11) is 0. The van der Waals surface area contributed by atoms with Crippen LogP contribution in [0, 0.1) is 6.92 Å². The van der Waals surface area contributed by atoms with E-state index in [1.54, 1.807) is 13.0 Å². The molecular formula is C19H24F3N5O3. The van der Waals surface area contributed by atoms with Gasteiger partial charge in [-0.15, -0.1) is 0 Å². The van der Waals surface area contributed by atoms with E-state index in [1.165, 1.54) is 10.6 Å². The van der Waals surface area contributed by atoms with Gasteiger partial charge in [0.25, 0.3) is 5.56 Å². The maximum absolute atomic E-state index is 13.8. The number of fused-ring (bicyclic) bond motifs is 1. The molecule has 3 unspecified atom stereocenters. The van der Waals surface area contributed by atoms with E-state index in [1.807, 2.05) is 18.7 Å². The Labute approximate surface area is 171 Å². The van der Waals surface area contributed by atoms with Crippen molar-refractivity contribution in [2.45, 2.75) is 64.6 Å². The lowest BCUT2D eigenvalue weighted by Gasteiger charge is -2.42. The summed E-state index contributed by atoms with van der Waals surface area (Å²) in [6, 6.07) is 1.09. The highest BCUT2D eigenvalue weighted by Gasteiger charge is 2.47. The zero-order valence-electron chi connectivity index (χ0n) is 17.0. The number of halogens is 3. The number of rotatable bonds is 3. The van der Waals surface area contributed by atoms with E-state index in [0.29, 0.717) is 24.7 Å². The van der Waals surface area contributed by atoms with Gasteiger partial charge in [-0.3, -0.25) is 9.36 Å². The van der Waals surface area contributed by atoms with Crippen LogP contribution in [0.5, 0.6) is 0 Å². The molecule has 4 rings (SSSR count). The van der Waals surface area contributed by atoms with Crippen LogP contribution in [-0.2, 0) is 17.8 Å². The molecule has 1 saturated heterocycles. The predicted octanol–water partition coefficient (Wildman–Crippen LogP) is 2.49. The quantitative estimate of drug-likeness (QED) is 0.745. The lowest BCUT2D eigenvalue weighted by Crippen LogP contribution is -2.53. The van der Waals surface area contributed by atoms with E-state index in [-0.39, 0.29) is 48.9 Å². The summed E-state index contributed by atoms with van der Waals surface area (Å²) in [4.78, 5) is 20.4. The Bertz CT molecular complexity index is 963. The van der Waals surface area contributed by atoms with Crippen LogP contribution in [0.2, 0.25) is 0 Å². The van der Waals surface area contributed by atoms with E-state index in [9.17, 15) is 18.0 Å². The molecule has 2 aliphatic rings. The number of alkyl halides is 3. The third-order valence-electron chi connectivity index (χ3n) is 5.55. The second-order valence-corrected chi connectivity index (χ2v) is 7.96. The average molecular weight is 427 g/mol. The Kier molecular flexibility index (Phi) is 5.25. The number of morpholine rings is 1. The van der Waals surface area contributed by atoms with Crippen LogP contribution in [0.1, 0.15) is 31.7 Å². The number of hydrogen-bond donors (Lipinski definition) is 0. The van der Waals surface area contributed by atoms with Crippen molar-refractivity contribution in [3.8, 4) is 0 Å². The van der Waals surface area contributed by atoms with Crippen molar-refractivity contribution in [1.82, 2.24) is 14.7 Å². The molecule has 0 spiro atoms. The summed E-state index contributed by atoms with van der Waals surface area (Å²) >= 11 is 0. The number of aromatic nitrogens is 3. The number of anilines is 2. The van der Waals surface area contributed by atoms with Gasteiger partial charge in [0.2, 0.25) is 5.95 Å². The fourth-order valence-electron chi connectivity index (χ4n) is 4.23. The fraction of sp³-hybridized carbons (Fsp3) is 0.632. The minimum atomic E-state index is -4.48. The molecule has 0 radical (unpaired) electrons. The first kappa shape index (κ1) is 20.7. The van der Waals surface area contributed by atoms with Crippen molar-refractivity contribution >= 4 is 11.8 Å². The smallest absolute Gasteiger partial charge is 0.377 e. The highest BCUT2D eigenvalue weighted by atomic mass is 19.4. The van der Waals surface area contributed by atoms with Crippen molar-refractivity contribution in [2.75, 3.05) is 23.0 Å². The van der Waals surface area contributed by atoms with E-state index in [0.717, 1.165) is 4.90 Å². The molecule has 0 saturated carbocycles. The van der Waals surface area contributed by atoms with Crippen LogP contribution in [0.4, 0.5) is 24.9 Å². The highest BCUT2D eigenvalue weighted by Crippen LogP contribution is 2.35. The summed E-state index contributed by atoms with van der Waals surface area (Å²) in [6.07, 6.45) is -4.72. The minimum absolute atomic E-state index is 0.00831. The molecule has 0 aliphatic carbocycles. The first-order chi connectivity index (χ1) is 14.1. The first-order valence-corrected chi connectivity index (χ1v) is 9.88. The molecular weight excluding hydrogens is 403 g/mol. The Balaban J connectivity index is 1.80. The molecule has 2 aromatic rings. The molecule has 2 aliphatic heterocycles. The largest absolute Gasteiger partial charge is 0.408 e. The van der Waals surface area contributed by atoms with E-state index in [4.69, 9.17) is 9.26 Å². The summed E-state index contributed by atoms with van der Waals surface area (Å²) in [6.45, 7) is 6.23. The lowest BCUT2D eigenvalue weighted by molar-refractivity contribution is -0.153. The molecule has 8 nitrogen and oxygen atoms in total. The van der Waals surface area contributed by atoms with E-state index < -0.39 is 12.2 Å². The van der Waals surface area contributed by atoms with Crippen LogP contribution in [0.3, 0.4) is 0 Å². The summed E-state index contributed by atoms with van der Waals surface area (Å²) < 4.78 is 53.5. The number of nitrogens with zero attached hydrogens (tertiary/aromatic N) is 5. The standard InChI is InChI=1S/C19H24F3N5O3/c1-11-6-14(30-24-11)8-26-15(19(20,21)22)4-5-25-17(28)7-16(23-18(25)26)27-12(2)9-29-10-13(27)3/h6-7,12-13,15H,4-5,8-10H2,1-3H3. The van der Waals surface area contributed by atoms with Gasteiger partial charge in [-0.25, -0.2) is 0 Å². The second-order valence-electron chi connectivity index (χ2n) is 7.96. The van der Waals surface area contributed by atoms with Gasteiger partial charge in [0.05, 0.1) is 37.5 Å². The Morgan fingerprint density at radius 2 is 1.90 bits per heavy atom. The zero-order valence-corrected chi connectivity index (χ0v) is 17.0. The van der Waals surface area contributed by atoms with Crippen molar-refractivity contribution in [2.24, 2.45) is 0 Å². The normalized spacial score (nSPS) is 24.8. The maximum atomic E-state index is 13.8. The predicted molar refractivity (Wildman–Crippen MR) is 103 cm³/mol. The number of ether oxygens (including phenoxy) is 1. The van der Waals surface area contributed by atoms with Gasteiger partial charge in [0.15, 0.2) is 5.76 Å². The highest BCUT2D eigenvalue weighted by molar-refractivity contribution is 5.48. The molecule has 4 heterocycles. The third kappa shape index (κ3) is 3.78. The van der Waals surface area contributed by atoms with Crippen LogP contribution in [0.25, 0.3) is 0 Å². The topological polar surface area (TPSA) is 76.6 Å². The van der Waals surface area contributed by atoms with Crippen molar-refractivity contribution in [1.29, 1.82) is 0 Å². The number of hydrogen-bond acceptors (Lipinski definition) is 7. The van der Waals surface area contributed by atoms with Gasteiger partial charge in [0, 0.05) is 18.7 Å². The van der Waals surface area contributed by atoms with Crippen LogP contribution >= 0.6 is 0 Å². The monoisotopic (exact) mass is 427 g/mol. The average Bonchev–Trinajstić information content (AvgIpc) is 3.06. The third-order valence-corrected chi connectivity index (χ3v) is 5.55. The van der Waals surface area contributed by atoms with Gasteiger partial charge in [-0.2, -0.15) is 18.2 Å². The lowest BCUT2D eigenvalue weighted by atomic mass is 10.1. The van der Waals surface area contributed by atoms with Crippen LogP contribution < -0.4 is 15.4 Å². The summed E-state index contributed by atoms with van der Waals surface area (Å²) in [5, 5.41) is 3.76. The summed E-state index contributed by atoms with van der Waals surface area (Å²) in [5.74, 6) is 0.630. The van der Waals surface area contributed by atoms with Crippen LogP contribution in [-0.4, -0.2) is 52.2 Å². The van der Waals surface area contributed by atoms with Gasteiger partial charge in [0.1, 0.15) is 11.9 Å². The van der Waals surface area contributed by atoms with Gasteiger partial charge in [-0.1, -0.05) is 5.16 Å². The molecule has 0 amide bonds. The van der Waals surface area contributed by atoms with Crippen molar-refractivity contribution in [3.63, 3.8) is 0 Å². The molecule has 0 aromatic carbocycles. The Morgan fingerprint density at radius 1 is 1.20 bits per heavy atom. The maximum Gasteiger partial charge on any atom is 0.408 e. The van der Waals surface area contributed by atoms with Gasteiger partial charge in [-0.05, 0) is 27.2 Å². The number of aryl methyl sites for hydroxylation is 1. The molecule has 30 heavy (non-hydrogen) atoms. The molecule has 3 atom stereocenters. The van der Waals surface area contributed by atoms with Gasteiger partial charge < -0.3 is 19.1 Å². The summed E-state index contributed by atoms with van der Waals surface area (Å²) in [5.41, 5.74) is 0.195. The zero-order chi connectivity index (χ0) is 21.6. The molecule has 0 N–H and O–H groups in total. The minimum Gasteiger partial charge on any atom is -0.377 e. The second kappa shape index (κ2) is 7.60. The van der Waals surface area contributed by atoms with Crippen molar-refractivity contribution < 1.29 is 22.4 Å².